The molecule has 74 valence electrons. The first kappa shape index (κ1) is 8.68. The molecule has 0 aromatic heterocycles. The second-order valence-corrected chi connectivity index (χ2v) is 2.96. The van der Waals surface area contributed by atoms with Gasteiger partial charge in [0.05, 0.1) is 0 Å². The van der Waals surface area contributed by atoms with E-state index in [2.05, 4.69) is 5.16 Å². The smallest absolute Gasteiger partial charge is 0.231 e. The molecule has 2 rings (SSSR count). The van der Waals surface area contributed by atoms with Crippen molar-refractivity contribution >= 4 is 5.84 Å². The highest BCUT2D eigenvalue weighted by Crippen LogP contribution is 2.32. The number of ether oxygens (including phenoxy) is 2. The molecule has 0 unspecified atom stereocenters. The van der Waals surface area contributed by atoms with Crippen LogP contribution in [-0.2, 0) is 6.42 Å². The predicted molar refractivity (Wildman–Crippen MR) is 49.7 cm³/mol. The molecular formula is C9H10N2O3. The van der Waals surface area contributed by atoms with Crippen molar-refractivity contribution in [1.29, 1.82) is 0 Å². The van der Waals surface area contributed by atoms with Gasteiger partial charge in [0.15, 0.2) is 11.5 Å². The number of nitrogens with two attached hydrogens (primary N) is 1. The molecule has 0 bridgehead atoms. The van der Waals surface area contributed by atoms with Crippen LogP contribution in [0.2, 0.25) is 0 Å². The molecule has 0 fully saturated rings. The molecular weight excluding hydrogens is 184 g/mol. The van der Waals surface area contributed by atoms with Gasteiger partial charge in [-0.05, 0) is 17.7 Å². The van der Waals surface area contributed by atoms with Crippen LogP contribution in [0.3, 0.4) is 0 Å². The van der Waals surface area contributed by atoms with Crippen LogP contribution in [0, 0.1) is 0 Å². The van der Waals surface area contributed by atoms with Crippen molar-refractivity contribution in [3.63, 3.8) is 0 Å². The number of oxime groups is 1. The summed E-state index contributed by atoms with van der Waals surface area (Å²) < 4.78 is 10.3. The van der Waals surface area contributed by atoms with Gasteiger partial charge in [0.25, 0.3) is 0 Å². The van der Waals surface area contributed by atoms with Crippen molar-refractivity contribution in [3.05, 3.63) is 23.8 Å². The minimum atomic E-state index is 0.170. The number of fused-ring (bicyclic) bond motifs is 1. The first-order chi connectivity index (χ1) is 6.79. The minimum absolute atomic E-state index is 0.170. The fourth-order valence-corrected chi connectivity index (χ4v) is 1.30. The van der Waals surface area contributed by atoms with Gasteiger partial charge < -0.3 is 20.4 Å². The lowest BCUT2D eigenvalue weighted by Gasteiger charge is -2.01. The van der Waals surface area contributed by atoms with Crippen molar-refractivity contribution in [2.45, 2.75) is 6.42 Å². The van der Waals surface area contributed by atoms with E-state index in [1.54, 1.807) is 0 Å². The van der Waals surface area contributed by atoms with Crippen LogP contribution < -0.4 is 15.2 Å². The normalized spacial score (nSPS) is 14.4. The van der Waals surface area contributed by atoms with Gasteiger partial charge in [-0.15, -0.1) is 0 Å². The van der Waals surface area contributed by atoms with Gasteiger partial charge in [0.1, 0.15) is 5.84 Å². The van der Waals surface area contributed by atoms with E-state index in [-0.39, 0.29) is 12.6 Å². The molecule has 1 aromatic rings. The molecule has 14 heavy (non-hydrogen) atoms. The molecule has 0 aliphatic carbocycles. The van der Waals surface area contributed by atoms with Crippen molar-refractivity contribution in [1.82, 2.24) is 0 Å². The molecule has 5 heteroatoms. The first-order valence-corrected chi connectivity index (χ1v) is 4.14. The third-order valence-electron chi connectivity index (χ3n) is 1.95. The number of benzene rings is 1. The van der Waals surface area contributed by atoms with E-state index in [1.807, 2.05) is 18.2 Å². The summed E-state index contributed by atoms with van der Waals surface area (Å²) in [6.45, 7) is 0.252. The van der Waals surface area contributed by atoms with Crippen molar-refractivity contribution < 1.29 is 14.7 Å². The fraction of sp³-hybridized carbons (Fsp3) is 0.222. The van der Waals surface area contributed by atoms with E-state index < -0.39 is 0 Å². The molecule has 1 aromatic carbocycles. The minimum Gasteiger partial charge on any atom is -0.454 e. The molecule has 1 aliphatic rings. The lowest BCUT2D eigenvalue weighted by Crippen LogP contribution is -2.14. The Kier molecular flexibility index (Phi) is 2.14. The number of amidine groups is 1. The van der Waals surface area contributed by atoms with Crippen LogP contribution in [0.4, 0.5) is 0 Å². The molecule has 5 nitrogen and oxygen atoms in total. The summed E-state index contributed by atoms with van der Waals surface area (Å²) in [4.78, 5) is 0. The number of nitrogens with zero attached hydrogens (tertiary/aromatic N) is 1. The average molecular weight is 194 g/mol. The predicted octanol–water partition coefficient (Wildman–Crippen LogP) is 0.704. The van der Waals surface area contributed by atoms with Crippen LogP contribution in [0.1, 0.15) is 5.56 Å². The van der Waals surface area contributed by atoms with Crippen molar-refractivity contribution in [3.8, 4) is 11.5 Å². The van der Waals surface area contributed by atoms with E-state index in [0.29, 0.717) is 12.2 Å². The van der Waals surface area contributed by atoms with Crippen molar-refractivity contribution in [2.24, 2.45) is 10.9 Å². The van der Waals surface area contributed by atoms with Gasteiger partial charge in [-0.3, -0.25) is 0 Å². The summed E-state index contributed by atoms with van der Waals surface area (Å²) in [6, 6.07) is 5.48. The lowest BCUT2D eigenvalue weighted by atomic mass is 10.1. The van der Waals surface area contributed by atoms with E-state index in [0.717, 1.165) is 11.3 Å². The fourth-order valence-electron chi connectivity index (χ4n) is 1.30. The van der Waals surface area contributed by atoms with E-state index in [9.17, 15) is 0 Å². The average Bonchev–Trinajstić information content (AvgIpc) is 2.64. The maximum atomic E-state index is 8.40. The Morgan fingerprint density at radius 3 is 3.00 bits per heavy atom. The quantitative estimate of drug-likeness (QED) is 0.314. The zero-order chi connectivity index (χ0) is 9.97. The highest BCUT2D eigenvalue weighted by atomic mass is 16.7. The SMILES string of the molecule is N/C(Cc1ccc2c(c1)OCO2)=N\O. The number of hydrogen-bond acceptors (Lipinski definition) is 4. The topological polar surface area (TPSA) is 77.1 Å². The Hall–Kier alpha value is -1.91. The number of hydrogen-bond donors (Lipinski definition) is 2. The Morgan fingerprint density at radius 2 is 2.21 bits per heavy atom. The van der Waals surface area contributed by atoms with Gasteiger partial charge in [0, 0.05) is 6.42 Å². The molecule has 1 heterocycles. The number of rotatable bonds is 2. The molecule has 1 aliphatic heterocycles. The maximum absolute atomic E-state index is 8.40. The van der Waals surface area contributed by atoms with Crippen LogP contribution in [0.5, 0.6) is 11.5 Å². The lowest BCUT2D eigenvalue weighted by molar-refractivity contribution is 0.174. The van der Waals surface area contributed by atoms with Gasteiger partial charge in [-0.2, -0.15) is 0 Å². The highest BCUT2D eigenvalue weighted by Gasteiger charge is 2.13. The summed E-state index contributed by atoms with van der Waals surface area (Å²) in [7, 11) is 0. The third kappa shape index (κ3) is 1.56. The molecule has 3 N–H and O–H groups in total. The van der Waals surface area contributed by atoms with Crippen LogP contribution in [0.25, 0.3) is 0 Å². The largest absolute Gasteiger partial charge is 0.454 e. The molecule has 0 spiro atoms. The summed E-state index contributed by atoms with van der Waals surface area (Å²) in [6.07, 6.45) is 0.396. The van der Waals surface area contributed by atoms with Crippen LogP contribution in [-0.4, -0.2) is 17.8 Å². The highest BCUT2D eigenvalue weighted by molar-refractivity contribution is 5.82. The van der Waals surface area contributed by atoms with Gasteiger partial charge in [0.2, 0.25) is 6.79 Å². The summed E-state index contributed by atoms with van der Waals surface area (Å²) >= 11 is 0. The van der Waals surface area contributed by atoms with E-state index in [1.165, 1.54) is 0 Å². The molecule has 0 saturated carbocycles. The Balaban J connectivity index is 2.21. The Bertz CT molecular complexity index is 376. The molecule has 0 saturated heterocycles. The van der Waals surface area contributed by atoms with Crippen molar-refractivity contribution in [2.75, 3.05) is 6.79 Å². The van der Waals surface area contributed by atoms with E-state index >= 15 is 0 Å². The summed E-state index contributed by atoms with van der Waals surface area (Å²) in [5, 5.41) is 11.3. The molecule has 0 atom stereocenters. The summed E-state index contributed by atoms with van der Waals surface area (Å²) in [5.74, 6) is 1.60. The summed E-state index contributed by atoms with van der Waals surface area (Å²) in [5.41, 5.74) is 6.30. The van der Waals surface area contributed by atoms with E-state index in [4.69, 9.17) is 20.4 Å². The molecule has 0 radical (unpaired) electrons. The zero-order valence-electron chi connectivity index (χ0n) is 7.43. The Labute approximate surface area is 80.7 Å². The first-order valence-electron chi connectivity index (χ1n) is 4.14. The zero-order valence-corrected chi connectivity index (χ0v) is 7.43. The monoisotopic (exact) mass is 194 g/mol. The maximum Gasteiger partial charge on any atom is 0.231 e. The Morgan fingerprint density at radius 1 is 1.43 bits per heavy atom. The van der Waals surface area contributed by atoms with Gasteiger partial charge >= 0.3 is 0 Å². The molecule has 0 amide bonds. The van der Waals surface area contributed by atoms with Gasteiger partial charge in [-0.1, -0.05) is 11.2 Å². The second-order valence-electron chi connectivity index (χ2n) is 2.96. The third-order valence-corrected chi connectivity index (χ3v) is 1.95. The van der Waals surface area contributed by atoms with Crippen LogP contribution >= 0.6 is 0 Å². The van der Waals surface area contributed by atoms with Crippen LogP contribution in [0.15, 0.2) is 23.4 Å². The standard InChI is InChI=1S/C9H10N2O3/c10-9(11-12)4-6-1-2-7-8(3-6)14-5-13-7/h1-3,12H,4-5H2,(H2,10,11). The van der Waals surface area contributed by atoms with Gasteiger partial charge in [-0.25, -0.2) is 0 Å². The second kappa shape index (κ2) is 3.45.